The molecule has 0 bridgehead atoms. The van der Waals surface area contributed by atoms with Gasteiger partial charge in [0.1, 0.15) is 0 Å². The second-order valence-electron chi connectivity index (χ2n) is 4.22. The molecule has 0 aliphatic rings. The van der Waals surface area contributed by atoms with Crippen LogP contribution in [0.1, 0.15) is 12.5 Å². The van der Waals surface area contributed by atoms with Crippen LogP contribution in [0.15, 0.2) is 12.1 Å². The molecular weight excluding hydrogens is 217 g/mol. The van der Waals surface area contributed by atoms with Gasteiger partial charge in [0.05, 0.1) is 29.2 Å². The summed E-state index contributed by atoms with van der Waals surface area (Å²) >= 11 is 0. The van der Waals surface area contributed by atoms with Crippen LogP contribution < -0.4 is 19.9 Å². The number of hydrogen-bond donors (Lipinski definition) is 1. The van der Waals surface area contributed by atoms with E-state index >= 15 is 0 Å². The monoisotopic (exact) mass is 235 g/mol. The van der Waals surface area contributed by atoms with Crippen molar-refractivity contribution in [2.24, 2.45) is 5.73 Å². The topological polar surface area (TPSA) is 53.7 Å². The lowest BCUT2D eigenvalue weighted by molar-refractivity contribution is 0.323. The van der Waals surface area contributed by atoms with E-state index < -0.39 is 5.44 Å². The zero-order valence-corrected chi connectivity index (χ0v) is 10.7. The highest BCUT2D eigenvalue weighted by Crippen LogP contribution is 2.38. The third-order valence-electron chi connectivity index (χ3n) is 2.31. The molecule has 0 aliphatic heterocycles. The second kappa shape index (κ2) is 5.32. The van der Waals surface area contributed by atoms with Crippen molar-refractivity contribution in [3.8, 4) is 17.2 Å². The summed E-state index contributed by atoms with van der Waals surface area (Å²) in [6.07, 6.45) is 0.518. The molecule has 1 unspecified atom stereocenters. The van der Waals surface area contributed by atoms with Crippen molar-refractivity contribution in [3.05, 3.63) is 17.7 Å². The van der Waals surface area contributed by atoms with Crippen LogP contribution in [0.5, 0.6) is 17.2 Å². The summed E-state index contributed by atoms with van der Waals surface area (Å²) in [5.74, 6) is 1.77. The molecule has 2 N–H and O–H groups in total. The molecule has 2 radical (unpaired) electrons. The van der Waals surface area contributed by atoms with Crippen LogP contribution in [0, 0.1) is 0 Å². The SMILES string of the molecule is [B]C(C)(N)Cc1cc(OC)c(OC)c(OC)c1. The third-order valence-corrected chi connectivity index (χ3v) is 2.31. The first-order valence-electron chi connectivity index (χ1n) is 5.28. The molecule has 0 spiro atoms. The Morgan fingerprint density at radius 1 is 1.12 bits per heavy atom. The molecule has 0 saturated heterocycles. The van der Waals surface area contributed by atoms with Crippen LogP contribution in [-0.2, 0) is 6.42 Å². The number of nitrogens with two attached hydrogens (primary N) is 1. The Morgan fingerprint density at radius 3 is 1.88 bits per heavy atom. The molecule has 92 valence electrons. The molecule has 1 aromatic rings. The quantitative estimate of drug-likeness (QED) is 0.776. The summed E-state index contributed by atoms with van der Waals surface area (Å²) in [5, 5.41) is 0. The first-order chi connectivity index (χ1) is 7.91. The van der Waals surface area contributed by atoms with Gasteiger partial charge in [0.2, 0.25) is 5.75 Å². The molecule has 0 amide bonds. The summed E-state index contributed by atoms with van der Waals surface area (Å²) in [7, 11) is 10.5. The normalized spacial score (nSPS) is 13.9. The Morgan fingerprint density at radius 2 is 1.59 bits per heavy atom. The number of rotatable bonds is 5. The molecule has 1 atom stereocenters. The highest BCUT2D eigenvalue weighted by molar-refractivity contribution is 6.14. The molecule has 0 heterocycles. The molecule has 5 heteroatoms. The second-order valence-corrected chi connectivity index (χ2v) is 4.22. The molecule has 17 heavy (non-hydrogen) atoms. The van der Waals surface area contributed by atoms with E-state index in [1.807, 2.05) is 12.1 Å². The number of benzene rings is 1. The van der Waals surface area contributed by atoms with Gasteiger partial charge in [-0.1, -0.05) is 6.92 Å². The van der Waals surface area contributed by atoms with Gasteiger partial charge < -0.3 is 19.9 Å². The van der Waals surface area contributed by atoms with E-state index in [2.05, 4.69) is 0 Å². The maximum absolute atomic E-state index is 5.79. The zero-order chi connectivity index (χ0) is 13.1. The minimum atomic E-state index is -0.773. The average molecular weight is 235 g/mol. The molecule has 0 fully saturated rings. The van der Waals surface area contributed by atoms with Crippen molar-refractivity contribution in [1.82, 2.24) is 0 Å². The van der Waals surface area contributed by atoms with Gasteiger partial charge in [-0.2, -0.15) is 0 Å². The Balaban J connectivity index is 3.18. The highest BCUT2D eigenvalue weighted by atomic mass is 16.5. The molecule has 4 nitrogen and oxygen atoms in total. The van der Waals surface area contributed by atoms with Crippen LogP contribution in [0.2, 0.25) is 0 Å². The van der Waals surface area contributed by atoms with Crippen molar-refractivity contribution in [2.45, 2.75) is 18.8 Å². The van der Waals surface area contributed by atoms with E-state index in [-0.39, 0.29) is 0 Å². The summed E-state index contributed by atoms with van der Waals surface area (Å²) < 4.78 is 15.7. The van der Waals surface area contributed by atoms with Gasteiger partial charge in [-0.15, -0.1) is 0 Å². The predicted molar refractivity (Wildman–Crippen MR) is 68.1 cm³/mol. The summed E-state index contributed by atoms with van der Waals surface area (Å²) in [4.78, 5) is 0. The van der Waals surface area contributed by atoms with Crippen molar-refractivity contribution >= 4 is 7.85 Å². The predicted octanol–water partition coefficient (Wildman–Crippen LogP) is 1.10. The molecule has 0 aliphatic carbocycles. The summed E-state index contributed by atoms with van der Waals surface area (Å²) in [5.41, 5.74) is 5.95. The number of hydrogen-bond acceptors (Lipinski definition) is 4. The van der Waals surface area contributed by atoms with Crippen molar-refractivity contribution < 1.29 is 14.2 Å². The van der Waals surface area contributed by atoms with E-state index in [1.165, 1.54) is 0 Å². The van der Waals surface area contributed by atoms with Crippen molar-refractivity contribution in [2.75, 3.05) is 21.3 Å². The highest BCUT2D eigenvalue weighted by Gasteiger charge is 2.17. The number of ether oxygens (including phenoxy) is 3. The van der Waals surface area contributed by atoms with Gasteiger partial charge in [0.15, 0.2) is 11.5 Å². The summed E-state index contributed by atoms with van der Waals surface area (Å²) in [6.45, 7) is 1.76. The maximum Gasteiger partial charge on any atom is 0.203 e. The fraction of sp³-hybridized carbons (Fsp3) is 0.500. The lowest BCUT2D eigenvalue weighted by Crippen LogP contribution is -2.38. The van der Waals surface area contributed by atoms with E-state index in [1.54, 1.807) is 28.3 Å². The fourth-order valence-corrected chi connectivity index (χ4v) is 1.68. The van der Waals surface area contributed by atoms with Gasteiger partial charge in [-0.25, -0.2) is 0 Å². The van der Waals surface area contributed by atoms with E-state index in [9.17, 15) is 0 Å². The Kier molecular flexibility index (Phi) is 4.29. The fourth-order valence-electron chi connectivity index (χ4n) is 1.68. The van der Waals surface area contributed by atoms with Crippen LogP contribution >= 0.6 is 0 Å². The van der Waals surface area contributed by atoms with Crippen molar-refractivity contribution in [3.63, 3.8) is 0 Å². The molecule has 1 aromatic carbocycles. The zero-order valence-electron chi connectivity index (χ0n) is 10.7. The van der Waals surface area contributed by atoms with Crippen LogP contribution in [0.3, 0.4) is 0 Å². The Labute approximate surface area is 103 Å². The van der Waals surface area contributed by atoms with Gasteiger partial charge in [0, 0.05) is 0 Å². The molecular formula is C12H18BNO3. The van der Waals surface area contributed by atoms with Crippen LogP contribution in [0.25, 0.3) is 0 Å². The van der Waals surface area contributed by atoms with Gasteiger partial charge in [0.25, 0.3) is 0 Å². The van der Waals surface area contributed by atoms with Crippen LogP contribution in [0.4, 0.5) is 0 Å². The molecule has 0 saturated carbocycles. The maximum atomic E-state index is 5.79. The largest absolute Gasteiger partial charge is 0.493 e. The Bertz CT molecular complexity index is 363. The van der Waals surface area contributed by atoms with E-state index in [4.69, 9.17) is 27.8 Å². The van der Waals surface area contributed by atoms with Gasteiger partial charge in [-0.3, -0.25) is 0 Å². The minimum Gasteiger partial charge on any atom is -0.493 e. The lowest BCUT2D eigenvalue weighted by Gasteiger charge is -2.21. The van der Waals surface area contributed by atoms with Crippen molar-refractivity contribution in [1.29, 1.82) is 0 Å². The lowest BCUT2D eigenvalue weighted by atomic mass is 9.76. The van der Waals surface area contributed by atoms with Crippen LogP contribution in [-0.4, -0.2) is 34.6 Å². The molecule has 1 rings (SSSR count). The minimum absolute atomic E-state index is 0.518. The smallest absolute Gasteiger partial charge is 0.203 e. The molecule has 0 aromatic heterocycles. The standard InChI is InChI=1S/C12H18BNO3/c1-12(13,14)7-8-5-9(15-2)11(17-4)10(6-8)16-3/h5-6H,7,14H2,1-4H3. The number of methoxy groups -OCH3 is 3. The van der Waals surface area contributed by atoms with E-state index in [0.717, 1.165) is 5.56 Å². The first-order valence-corrected chi connectivity index (χ1v) is 5.28. The first kappa shape index (κ1) is 13.7. The average Bonchev–Trinajstić information content (AvgIpc) is 2.25. The van der Waals surface area contributed by atoms with Gasteiger partial charge >= 0.3 is 0 Å². The third kappa shape index (κ3) is 3.56. The summed E-state index contributed by atoms with van der Waals surface area (Å²) in [6, 6.07) is 3.69. The van der Waals surface area contributed by atoms with Gasteiger partial charge in [-0.05, 0) is 29.6 Å². The van der Waals surface area contributed by atoms with E-state index in [0.29, 0.717) is 23.7 Å². The Hall–Kier alpha value is -1.36.